The lowest BCUT2D eigenvalue weighted by molar-refractivity contribution is -0.0157. The molecular weight excluding hydrogens is 156 g/mol. The lowest BCUT2D eigenvalue weighted by atomic mass is 10.2. The fourth-order valence-electron chi connectivity index (χ4n) is 0.706. The van der Waals surface area contributed by atoms with E-state index in [1.807, 2.05) is 20.8 Å². The zero-order valence-electron chi connectivity index (χ0n) is 8.30. The lowest BCUT2D eigenvalue weighted by Gasteiger charge is -2.19. The van der Waals surface area contributed by atoms with Gasteiger partial charge < -0.3 is 14.6 Å². The van der Waals surface area contributed by atoms with Gasteiger partial charge in [-0.05, 0) is 27.2 Å². The summed E-state index contributed by atoms with van der Waals surface area (Å²) in [7, 11) is 0. The Kier molecular flexibility index (Phi) is 6.34. The molecule has 0 fully saturated rings. The monoisotopic (exact) mass is 176 g/mol. The van der Waals surface area contributed by atoms with Gasteiger partial charge in [-0.2, -0.15) is 0 Å². The molecule has 0 saturated carbocycles. The van der Waals surface area contributed by atoms with Crippen LogP contribution in [0.4, 0.5) is 0 Å². The van der Waals surface area contributed by atoms with Gasteiger partial charge in [-0.3, -0.25) is 0 Å². The first-order valence-corrected chi connectivity index (χ1v) is 4.39. The Labute approximate surface area is 74.7 Å². The van der Waals surface area contributed by atoms with Gasteiger partial charge in [0.2, 0.25) is 0 Å². The van der Waals surface area contributed by atoms with Crippen LogP contribution in [0.5, 0.6) is 0 Å². The summed E-state index contributed by atoms with van der Waals surface area (Å²) in [5.41, 5.74) is -0.0586. The van der Waals surface area contributed by atoms with Crippen molar-refractivity contribution in [2.45, 2.75) is 32.8 Å². The average molecular weight is 176 g/mol. The van der Waals surface area contributed by atoms with E-state index < -0.39 is 0 Å². The Morgan fingerprint density at radius 1 is 1.08 bits per heavy atom. The van der Waals surface area contributed by atoms with Gasteiger partial charge in [0, 0.05) is 13.2 Å². The van der Waals surface area contributed by atoms with Crippen LogP contribution in [-0.4, -0.2) is 37.1 Å². The maximum absolute atomic E-state index is 8.40. The Bertz CT molecular complexity index is 96.4. The van der Waals surface area contributed by atoms with E-state index >= 15 is 0 Å². The molecule has 74 valence electrons. The molecule has 0 atom stereocenters. The first kappa shape index (κ1) is 11.9. The molecule has 3 nitrogen and oxygen atoms in total. The molecule has 1 N–H and O–H groups in total. The summed E-state index contributed by atoms with van der Waals surface area (Å²) in [6, 6.07) is 0. The Morgan fingerprint density at radius 2 is 1.75 bits per heavy atom. The minimum Gasteiger partial charge on any atom is -0.394 e. The standard InChI is InChI=1S/C9H20O3/c1-9(2,3)12-7-4-6-11-8-5-10/h10H,4-8H2,1-3H3. The smallest absolute Gasteiger partial charge is 0.0697 e. The summed E-state index contributed by atoms with van der Waals surface area (Å²) in [4.78, 5) is 0. The van der Waals surface area contributed by atoms with Crippen LogP contribution >= 0.6 is 0 Å². The van der Waals surface area contributed by atoms with Crippen LogP contribution in [0.1, 0.15) is 27.2 Å². The quantitative estimate of drug-likeness (QED) is 0.618. The second-order valence-electron chi connectivity index (χ2n) is 3.65. The minimum atomic E-state index is -0.0586. The SMILES string of the molecule is CC(C)(C)OCCCOCCO. The molecule has 0 heterocycles. The molecule has 0 aliphatic rings. The molecule has 0 aliphatic heterocycles. The van der Waals surface area contributed by atoms with Crippen molar-refractivity contribution in [3.05, 3.63) is 0 Å². The van der Waals surface area contributed by atoms with E-state index in [9.17, 15) is 0 Å². The molecule has 0 amide bonds. The van der Waals surface area contributed by atoms with Gasteiger partial charge in [-0.1, -0.05) is 0 Å². The Hall–Kier alpha value is -0.120. The molecule has 0 aliphatic carbocycles. The Morgan fingerprint density at radius 3 is 2.25 bits per heavy atom. The fourth-order valence-corrected chi connectivity index (χ4v) is 0.706. The van der Waals surface area contributed by atoms with E-state index in [1.54, 1.807) is 0 Å². The van der Waals surface area contributed by atoms with Gasteiger partial charge >= 0.3 is 0 Å². The largest absolute Gasteiger partial charge is 0.394 e. The third kappa shape index (κ3) is 9.88. The molecule has 0 bridgehead atoms. The summed E-state index contributed by atoms with van der Waals surface area (Å²) in [5, 5.41) is 8.40. The third-order valence-corrected chi connectivity index (χ3v) is 1.20. The van der Waals surface area contributed by atoms with Gasteiger partial charge in [0.1, 0.15) is 0 Å². The molecule has 0 spiro atoms. The van der Waals surface area contributed by atoms with Gasteiger partial charge in [0.25, 0.3) is 0 Å². The topological polar surface area (TPSA) is 38.7 Å². The maximum atomic E-state index is 8.40. The maximum Gasteiger partial charge on any atom is 0.0697 e. The first-order chi connectivity index (χ1) is 5.56. The second-order valence-corrected chi connectivity index (χ2v) is 3.65. The van der Waals surface area contributed by atoms with Crippen molar-refractivity contribution in [2.24, 2.45) is 0 Å². The van der Waals surface area contributed by atoms with Crippen LogP contribution in [0, 0.1) is 0 Å². The van der Waals surface area contributed by atoms with Crippen molar-refractivity contribution in [3.8, 4) is 0 Å². The molecule has 0 radical (unpaired) electrons. The molecule has 12 heavy (non-hydrogen) atoms. The normalized spacial score (nSPS) is 12.0. The summed E-state index contributed by atoms with van der Waals surface area (Å²) in [6.45, 7) is 7.99. The van der Waals surface area contributed by atoms with Crippen molar-refractivity contribution < 1.29 is 14.6 Å². The number of rotatable bonds is 6. The molecule has 0 saturated heterocycles. The van der Waals surface area contributed by atoms with E-state index in [-0.39, 0.29) is 12.2 Å². The fraction of sp³-hybridized carbons (Fsp3) is 1.00. The molecule has 0 aromatic heterocycles. The third-order valence-electron chi connectivity index (χ3n) is 1.20. The minimum absolute atomic E-state index is 0.0586. The van der Waals surface area contributed by atoms with Crippen LogP contribution in [0.25, 0.3) is 0 Å². The molecule has 0 rings (SSSR count). The predicted octanol–water partition coefficient (Wildman–Crippen LogP) is 1.20. The van der Waals surface area contributed by atoms with Crippen molar-refractivity contribution in [2.75, 3.05) is 26.4 Å². The number of ether oxygens (including phenoxy) is 2. The van der Waals surface area contributed by atoms with Crippen molar-refractivity contribution in [3.63, 3.8) is 0 Å². The second kappa shape index (κ2) is 6.40. The number of aliphatic hydroxyl groups excluding tert-OH is 1. The zero-order chi connectivity index (χ0) is 9.45. The van der Waals surface area contributed by atoms with Crippen molar-refractivity contribution in [1.82, 2.24) is 0 Å². The van der Waals surface area contributed by atoms with E-state index in [4.69, 9.17) is 14.6 Å². The van der Waals surface area contributed by atoms with Crippen LogP contribution < -0.4 is 0 Å². The van der Waals surface area contributed by atoms with E-state index in [1.165, 1.54) is 0 Å². The summed E-state index contributed by atoms with van der Waals surface area (Å²) < 4.78 is 10.5. The first-order valence-electron chi connectivity index (χ1n) is 4.39. The number of aliphatic hydroxyl groups is 1. The zero-order valence-corrected chi connectivity index (χ0v) is 8.30. The van der Waals surface area contributed by atoms with Crippen molar-refractivity contribution in [1.29, 1.82) is 0 Å². The highest BCUT2D eigenvalue weighted by atomic mass is 16.5. The summed E-state index contributed by atoms with van der Waals surface area (Å²) in [5.74, 6) is 0. The predicted molar refractivity (Wildman–Crippen MR) is 48.2 cm³/mol. The summed E-state index contributed by atoms with van der Waals surface area (Å²) >= 11 is 0. The van der Waals surface area contributed by atoms with Crippen LogP contribution in [0.15, 0.2) is 0 Å². The number of hydrogen-bond donors (Lipinski definition) is 1. The van der Waals surface area contributed by atoms with Crippen LogP contribution in [0.3, 0.4) is 0 Å². The van der Waals surface area contributed by atoms with E-state index in [0.717, 1.165) is 13.0 Å². The molecule has 3 heteroatoms. The molecule has 0 aromatic carbocycles. The van der Waals surface area contributed by atoms with Gasteiger partial charge in [-0.15, -0.1) is 0 Å². The highest BCUT2D eigenvalue weighted by Gasteiger charge is 2.08. The van der Waals surface area contributed by atoms with Crippen LogP contribution in [0.2, 0.25) is 0 Å². The molecule has 0 unspecified atom stereocenters. The number of hydrogen-bond acceptors (Lipinski definition) is 3. The summed E-state index contributed by atoms with van der Waals surface area (Å²) in [6.07, 6.45) is 0.886. The lowest BCUT2D eigenvalue weighted by Crippen LogP contribution is -2.20. The van der Waals surface area contributed by atoms with E-state index in [0.29, 0.717) is 13.2 Å². The molecule has 0 aromatic rings. The Balaban J connectivity index is 3.01. The average Bonchev–Trinajstić information content (AvgIpc) is 1.94. The van der Waals surface area contributed by atoms with E-state index in [2.05, 4.69) is 0 Å². The molecular formula is C9H20O3. The van der Waals surface area contributed by atoms with Gasteiger partial charge in [0.15, 0.2) is 0 Å². The van der Waals surface area contributed by atoms with Crippen LogP contribution in [-0.2, 0) is 9.47 Å². The highest BCUT2D eigenvalue weighted by molar-refractivity contribution is 4.58. The highest BCUT2D eigenvalue weighted by Crippen LogP contribution is 2.06. The van der Waals surface area contributed by atoms with Gasteiger partial charge in [0.05, 0.1) is 18.8 Å². The van der Waals surface area contributed by atoms with Crippen molar-refractivity contribution >= 4 is 0 Å². The van der Waals surface area contributed by atoms with Gasteiger partial charge in [-0.25, -0.2) is 0 Å².